The molecule has 0 spiro atoms. The molecule has 102 valence electrons. The number of fused-ring (bicyclic) bond motifs is 1. The molecule has 0 aliphatic rings. The molecule has 2 aromatic heterocycles. The van der Waals surface area contributed by atoms with Gasteiger partial charge in [0, 0.05) is 10.6 Å². The largest absolute Gasteiger partial charge is 0.438 e. The van der Waals surface area contributed by atoms with Crippen molar-refractivity contribution in [2.24, 2.45) is 0 Å². The van der Waals surface area contributed by atoms with Gasteiger partial charge in [0.05, 0.1) is 0 Å². The smallest absolute Gasteiger partial charge is 0.256 e. The Morgan fingerprint density at radius 1 is 1.20 bits per heavy atom. The first-order valence-corrected chi connectivity index (χ1v) is 6.61. The predicted molar refractivity (Wildman–Crippen MR) is 76.8 cm³/mol. The standard InChI is InChI=1S/C13H10Cl2N4O/c1-7-5-9(3-4-10(7)14)20-12-8(2)11(15)18-13-16-6-17-19(12)13/h3-6H,1-2H3. The van der Waals surface area contributed by atoms with E-state index in [1.807, 2.05) is 19.9 Å². The molecule has 0 saturated heterocycles. The summed E-state index contributed by atoms with van der Waals surface area (Å²) in [6.45, 7) is 3.72. The van der Waals surface area contributed by atoms with Gasteiger partial charge in [-0.05, 0) is 37.6 Å². The Morgan fingerprint density at radius 3 is 2.75 bits per heavy atom. The number of hydrogen-bond acceptors (Lipinski definition) is 4. The van der Waals surface area contributed by atoms with E-state index in [-0.39, 0.29) is 0 Å². The van der Waals surface area contributed by atoms with Gasteiger partial charge in [0.25, 0.3) is 5.78 Å². The van der Waals surface area contributed by atoms with Gasteiger partial charge in [0.1, 0.15) is 17.2 Å². The first-order valence-electron chi connectivity index (χ1n) is 5.86. The molecule has 0 amide bonds. The highest BCUT2D eigenvalue weighted by Crippen LogP contribution is 2.30. The van der Waals surface area contributed by atoms with Gasteiger partial charge < -0.3 is 4.74 Å². The van der Waals surface area contributed by atoms with Crippen LogP contribution in [-0.2, 0) is 0 Å². The van der Waals surface area contributed by atoms with Gasteiger partial charge in [-0.1, -0.05) is 23.2 Å². The van der Waals surface area contributed by atoms with Crippen LogP contribution in [0.15, 0.2) is 24.5 Å². The van der Waals surface area contributed by atoms with E-state index in [4.69, 9.17) is 27.9 Å². The SMILES string of the molecule is Cc1cc(Oc2c(C)c(Cl)nc3ncnn23)ccc1Cl. The molecular formula is C13H10Cl2N4O. The van der Waals surface area contributed by atoms with Crippen LogP contribution in [-0.4, -0.2) is 19.6 Å². The fourth-order valence-electron chi connectivity index (χ4n) is 1.79. The average molecular weight is 309 g/mol. The molecule has 3 aromatic rings. The zero-order valence-corrected chi connectivity index (χ0v) is 12.3. The molecule has 7 heteroatoms. The number of benzene rings is 1. The first-order chi connectivity index (χ1) is 9.56. The van der Waals surface area contributed by atoms with Gasteiger partial charge in [-0.25, -0.2) is 0 Å². The summed E-state index contributed by atoms with van der Waals surface area (Å²) in [7, 11) is 0. The topological polar surface area (TPSA) is 52.3 Å². The zero-order valence-electron chi connectivity index (χ0n) is 10.8. The average Bonchev–Trinajstić information content (AvgIpc) is 2.87. The molecule has 0 saturated carbocycles. The van der Waals surface area contributed by atoms with Gasteiger partial charge >= 0.3 is 0 Å². The van der Waals surface area contributed by atoms with Crippen LogP contribution in [0.4, 0.5) is 0 Å². The van der Waals surface area contributed by atoms with Gasteiger partial charge in [-0.15, -0.1) is 0 Å². The summed E-state index contributed by atoms with van der Waals surface area (Å²) in [6.07, 6.45) is 1.40. The molecule has 0 bridgehead atoms. The normalized spacial score (nSPS) is 11.0. The maximum atomic E-state index is 6.08. The lowest BCUT2D eigenvalue weighted by atomic mass is 10.2. The van der Waals surface area contributed by atoms with Crippen molar-refractivity contribution in [2.45, 2.75) is 13.8 Å². The van der Waals surface area contributed by atoms with Crippen molar-refractivity contribution in [3.63, 3.8) is 0 Å². The molecule has 0 N–H and O–H groups in total. The number of hydrogen-bond donors (Lipinski definition) is 0. The fourth-order valence-corrected chi connectivity index (χ4v) is 2.06. The molecular weight excluding hydrogens is 299 g/mol. The van der Waals surface area contributed by atoms with Crippen molar-refractivity contribution < 1.29 is 4.74 Å². The quantitative estimate of drug-likeness (QED) is 0.675. The number of aryl methyl sites for hydroxylation is 1. The maximum absolute atomic E-state index is 6.08. The number of nitrogens with zero attached hydrogens (tertiary/aromatic N) is 4. The van der Waals surface area contributed by atoms with Crippen LogP contribution >= 0.6 is 23.2 Å². The molecule has 0 atom stereocenters. The lowest BCUT2D eigenvalue weighted by Crippen LogP contribution is -2.01. The third kappa shape index (κ3) is 2.19. The summed E-state index contributed by atoms with van der Waals surface area (Å²) in [4.78, 5) is 8.13. The highest BCUT2D eigenvalue weighted by atomic mass is 35.5. The van der Waals surface area contributed by atoms with Crippen molar-refractivity contribution in [3.8, 4) is 11.6 Å². The summed E-state index contributed by atoms with van der Waals surface area (Å²) in [5.74, 6) is 1.52. The molecule has 0 radical (unpaired) electrons. The Morgan fingerprint density at radius 2 is 2.00 bits per heavy atom. The fraction of sp³-hybridized carbons (Fsp3) is 0.154. The molecule has 0 aliphatic heterocycles. The molecule has 1 aromatic carbocycles. The first kappa shape index (κ1) is 13.1. The Labute approximate surface area is 125 Å². The van der Waals surface area contributed by atoms with Crippen LogP contribution in [0.1, 0.15) is 11.1 Å². The second kappa shape index (κ2) is 4.92. The van der Waals surface area contributed by atoms with Crippen LogP contribution in [0.25, 0.3) is 5.78 Å². The minimum Gasteiger partial charge on any atom is -0.438 e. The number of rotatable bonds is 2. The molecule has 0 unspecified atom stereocenters. The predicted octanol–water partition coefficient (Wildman–Crippen LogP) is 3.84. The van der Waals surface area contributed by atoms with E-state index in [1.165, 1.54) is 10.8 Å². The second-order valence-corrected chi connectivity index (χ2v) is 5.08. The molecule has 2 heterocycles. The number of halogens is 2. The third-order valence-electron chi connectivity index (χ3n) is 2.89. The van der Waals surface area contributed by atoms with Gasteiger partial charge in [0.15, 0.2) is 0 Å². The third-order valence-corrected chi connectivity index (χ3v) is 3.69. The van der Waals surface area contributed by atoms with Crippen LogP contribution in [0.2, 0.25) is 10.2 Å². The Bertz CT molecular complexity index is 800. The van der Waals surface area contributed by atoms with Crippen molar-refractivity contribution in [3.05, 3.63) is 45.8 Å². The monoisotopic (exact) mass is 308 g/mol. The molecule has 3 rings (SSSR count). The zero-order chi connectivity index (χ0) is 14.3. The van der Waals surface area contributed by atoms with E-state index in [0.29, 0.717) is 33.1 Å². The Kier molecular flexibility index (Phi) is 3.23. The van der Waals surface area contributed by atoms with Gasteiger partial charge in [0.2, 0.25) is 5.88 Å². The van der Waals surface area contributed by atoms with Gasteiger partial charge in [-0.2, -0.15) is 19.6 Å². The molecule has 0 aliphatic carbocycles. The van der Waals surface area contributed by atoms with Crippen LogP contribution in [0.5, 0.6) is 11.6 Å². The van der Waals surface area contributed by atoms with E-state index in [1.54, 1.807) is 12.1 Å². The van der Waals surface area contributed by atoms with Crippen LogP contribution in [0.3, 0.4) is 0 Å². The second-order valence-electron chi connectivity index (χ2n) is 4.32. The minimum absolute atomic E-state index is 0.339. The van der Waals surface area contributed by atoms with E-state index < -0.39 is 0 Å². The molecule has 20 heavy (non-hydrogen) atoms. The highest BCUT2D eigenvalue weighted by molar-refractivity contribution is 6.31. The van der Waals surface area contributed by atoms with Crippen LogP contribution in [0, 0.1) is 13.8 Å². The lowest BCUT2D eigenvalue weighted by molar-refractivity contribution is 0.441. The Hall–Kier alpha value is -1.85. The van der Waals surface area contributed by atoms with Crippen LogP contribution < -0.4 is 4.74 Å². The van der Waals surface area contributed by atoms with E-state index in [0.717, 1.165) is 5.56 Å². The molecule has 0 fully saturated rings. The summed E-state index contributed by atoms with van der Waals surface area (Å²) in [5.41, 5.74) is 1.62. The Balaban J connectivity index is 2.11. The lowest BCUT2D eigenvalue weighted by Gasteiger charge is -2.11. The number of ether oxygens (including phenoxy) is 1. The van der Waals surface area contributed by atoms with E-state index in [2.05, 4.69) is 15.1 Å². The summed E-state index contributed by atoms with van der Waals surface area (Å²) >= 11 is 12.1. The van der Waals surface area contributed by atoms with Crippen molar-refractivity contribution in [1.29, 1.82) is 0 Å². The maximum Gasteiger partial charge on any atom is 0.256 e. The van der Waals surface area contributed by atoms with Crippen molar-refractivity contribution >= 4 is 29.0 Å². The number of aromatic nitrogens is 4. The highest BCUT2D eigenvalue weighted by Gasteiger charge is 2.14. The van der Waals surface area contributed by atoms with Gasteiger partial charge in [-0.3, -0.25) is 0 Å². The molecule has 5 nitrogen and oxygen atoms in total. The summed E-state index contributed by atoms with van der Waals surface area (Å²) in [6, 6.07) is 5.41. The summed E-state index contributed by atoms with van der Waals surface area (Å²) in [5, 5.41) is 5.12. The summed E-state index contributed by atoms with van der Waals surface area (Å²) < 4.78 is 7.38. The minimum atomic E-state index is 0.339. The van der Waals surface area contributed by atoms with E-state index >= 15 is 0 Å². The van der Waals surface area contributed by atoms with Crippen molar-refractivity contribution in [1.82, 2.24) is 19.6 Å². The van der Waals surface area contributed by atoms with Crippen molar-refractivity contribution in [2.75, 3.05) is 0 Å². The van der Waals surface area contributed by atoms with E-state index in [9.17, 15) is 0 Å².